The van der Waals surface area contributed by atoms with E-state index in [0.717, 1.165) is 5.56 Å². The number of carbonyl (C=O) groups is 3. The van der Waals surface area contributed by atoms with E-state index in [1.54, 1.807) is 29.0 Å². The molecule has 1 N–H and O–H groups in total. The second-order valence-corrected chi connectivity index (χ2v) is 6.97. The Kier molecular flexibility index (Phi) is 6.17. The minimum Gasteiger partial charge on any atom is -0.481 e. The second kappa shape index (κ2) is 8.14. The number of amides is 2. The highest BCUT2D eigenvalue weighted by Crippen LogP contribution is 2.19. The van der Waals surface area contributed by atoms with Gasteiger partial charge in [-0.2, -0.15) is 0 Å². The molecule has 0 unspecified atom stereocenters. The van der Waals surface area contributed by atoms with Gasteiger partial charge < -0.3 is 14.9 Å². The molecule has 0 bridgehead atoms. The molecule has 1 saturated heterocycles. The first-order valence-electron chi connectivity index (χ1n) is 8.65. The van der Waals surface area contributed by atoms with Crippen LogP contribution in [-0.4, -0.2) is 52.8 Å². The third-order valence-electron chi connectivity index (χ3n) is 4.55. The molecule has 0 radical (unpaired) electrons. The third kappa shape index (κ3) is 4.81. The molecule has 136 valence electrons. The predicted octanol–water partition coefficient (Wildman–Crippen LogP) is 2.24. The zero-order valence-corrected chi connectivity index (χ0v) is 15.1. The number of likely N-dealkylation sites (tertiary alicyclic amines) is 1. The van der Waals surface area contributed by atoms with E-state index in [0.29, 0.717) is 31.5 Å². The lowest BCUT2D eigenvalue weighted by atomic mass is 9.97. The van der Waals surface area contributed by atoms with Crippen LogP contribution in [0, 0.1) is 11.8 Å². The monoisotopic (exact) mass is 346 g/mol. The molecule has 1 aliphatic rings. The Bertz CT molecular complexity index is 639. The standard InChI is InChI=1S/C19H26N2O4/c1-13(2)17(22)20(3)11-14-6-8-15(9-7-14)18(23)21-10-4-5-16(12-21)19(24)25/h6-9,13,16H,4-5,10-12H2,1-3H3,(H,24,25)/t16-/m0/s1. The fourth-order valence-electron chi connectivity index (χ4n) is 3.09. The van der Waals surface area contributed by atoms with Crippen LogP contribution in [0.2, 0.25) is 0 Å². The molecule has 0 aliphatic carbocycles. The zero-order valence-electron chi connectivity index (χ0n) is 15.1. The number of carbonyl (C=O) groups excluding carboxylic acids is 2. The second-order valence-electron chi connectivity index (χ2n) is 6.97. The van der Waals surface area contributed by atoms with Crippen LogP contribution in [0.25, 0.3) is 0 Å². The smallest absolute Gasteiger partial charge is 0.308 e. The van der Waals surface area contributed by atoms with Crippen LogP contribution in [0.5, 0.6) is 0 Å². The van der Waals surface area contributed by atoms with Gasteiger partial charge in [0.05, 0.1) is 5.92 Å². The lowest BCUT2D eigenvalue weighted by Gasteiger charge is -2.30. The molecule has 0 saturated carbocycles. The van der Waals surface area contributed by atoms with E-state index in [1.807, 2.05) is 26.0 Å². The topological polar surface area (TPSA) is 77.9 Å². The highest BCUT2D eigenvalue weighted by molar-refractivity contribution is 5.94. The molecule has 1 heterocycles. The van der Waals surface area contributed by atoms with E-state index in [2.05, 4.69) is 0 Å². The molecule has 2 amide bonds. The number of benzene rings is 1. The van der Waals surface area contributed by atoms with Gasteiger partial charge in [0.2, 0.25) is 5.91 Å². The fourth-order valence-corrected chi connectivity index (χ4v) is 3.09. The maximum Gasteiger partial charge on any atom is 0.308 e. The van der Waals surface area contributed by atoms with Gasteiger partial charge in [-0.3, -0.25) is 14.4 Å². The molecular weight excluding hydrogens is 320 g/mol. The van der Waals surface area contributed by atoms with Gasteiger partial charge >= 0.3 is 5.97 Å². The lowest BCUT2D eigenvalue weighted by Crippen LogP contribution is -2.42. The third-order valence-corrected chi connectivity index (χ3v) is 4.55. The minimum atomic E-state index is -0.842. The summed E-state index contributed by atoms with van der Waals surface area (Å²) in [6.45, 7) is 5.08. The van der Waals surface area contributed by atoms with Gasteiger partial charge in [0.15, 0.2) is 0 Å². The van der Waals surface area contributed by atoms with Crippen molar-refractivity contribution in [3.8, 4) is 0 Å². The Morgan fingerprint density at radius 1 is 1.24 bits per heavy atom. The van der Waals surface area contributed by atoms with E-state index >= 15 is 0 Å². The van der Waals surface area contributed by atoms with Crippen LogP contribution >= 0.6 is 0 Å². The van der Waals surface area contributed by atoms with Crippen molar-refractivity contribution in [2.24, 2.45) is 11.8 Å². The molecule has 2 rings (SSSR count). The molecule has 25 heavy (non-hydrogen) atoms. The van der Waals surface area contributed by atoms with Crippen molar-refractivity contribution in [2.45, 2.75) is 33.2 Å². The number of carboxylic acids is 1. The van der Waals surface area contributed by atoms with Crippen molar-refractivity contribution in [1.29, 1.82) is 0 Å². The molecule has 1 aromatic carbocycles. The largest absolute Gasteiger partial charge is 0.481 e. The van der Waals surface area contributed by atoms with Gasteiger partial charge in [0.25, 0.3) is 5.91 Å². The quantitative estimate of drug-likeness (QED) is 0.887. The number of hydrogen-bond donors (Lipinski definition) is 1. The summed E-state index contributed by atoms with van der Waals surface area (Å²) < 4.78 is 0. The fraction of sp³-hybridized carbons (Fsp3) is 0.526. The van der Waals surface area contributed by atoms with Crippen LogP contribution in [0.15, 0.2) is 24.3 Å². The van der Waals surface area contributed by atoms with Crippen molar-refractivity contribution >= 4 is 17.8 Å². The first-order chi connectivity index (χ1) is 11.8. The summed E-state index contributed by atoms with van der Waals surface area (Å²) in [6.07, 6.45) is 1.33. The first-order valence-corrected chi connectivity index (χ1v) is 8.65. The molecule has 1 aliphatic heterocycles. The highest BCUT2D eigenvalue weighted by atomic mass is 16.4. The maximum atomic E-state index is 12.6. The molecule has 0 spiro atoms. The van der Waals surface area contributed by atoms with Crippen LogP contribution in [0.3, 0.4) is 0 Å². The van der Waals surface area contributed by atoms with Gasteiger partial charge in [0.1, 0.15) is 0 Å². The number of nitrogens with zero attached hydrogens (tertiary/aromatic N) is 2. The molecule has 1 aromatic rings. The average molecular weight is 346 g/mol. The van der Waals surface area contributed by atoms with Gasteiger partial charge in [0, 0.05) is 38.2 Å². The first kappa shape index (κ1) is 19.0. The van der Waals surface area contributed by atoms with E-state index < -0.39 is 11.9 Å². The Morgan fingerprint density at radius 2 is 1.88 bits per heavy atom. The Morgan fingerprint density at radius 3 is 2.44 bits per heavy atom. The zero-order chi connectivity index (χ0) is 18.6. The van der Waals surface area contributed by atoms with E-state index in [-0.39, 0.29) is 24.3 Å². The Labute approximate surface area is 148 Å². The predicted molar refractivity (Wildman–Crippen MR) is 94.0 cm³/mol. The van der Waals surface area contributed by atoms with Gasteiger partial charge in [-0.1, -0.05) is 26.0 Å². The summed E-state index contributed by atoms with van der Waals surface area (Å²) in [5, 5.41) is 9.14. The number of aliphatic carboxylic acids is 1. The molecule has 1 atom stereocenters. The molecule has 6 nitrogen and oxygen atoms in total. The lowest BCUT2D eigenvalue weighted by molar-refractivity contribution is -0.143. The normalized spacial score (nSPS) is 17.4. The Balaban J connectivity index is 2.00. The summed E-state index contributed by atoms with van der Waals surface area (Å²) in [5.41, 5.74) is 1.50. The molecule has 6 heteroatoms. The van der Waals surface area contributed by atoms with Gasteiger partial charge in [-0.25, -0.2) is 0 Å². The molecular formula is C19H26N2O4. The van der Waals surface area contributed by atoms with Crippen LogP contribution in [-0.2, 0) is 16.1 Å². The average Bonchev–Trinajstić information content (AvgIpc) is 2.61. The van der Waals surface area contributed by atoms with E-state index in [1.165, 1.54) is 0 Å². The van der Waals surface area contributed by atoms with Gasteiger partial charge in [-0.05, 0) is 30.5 Å². The van der Waals surface area contributed by atoms with Crippen molar-refractivity contribution in [3.63, 3.8) is 0 Å². The summed E-state index contributed by atoms with van der Waals surface area (Å²) >= 11 is 0. The number of hydrogen-bond acceptors (Lipinski definition) is 3. The SMILES string of the molecule is CC(C)C(=O)N(C)Cc1ccc(C(=O)N2CCC[C@H](C(=O)O)C2)cc1. The summed E-state index contributed by atoms with van der Waals surface area (Å²) in [4.78, 5) is 38.9. The summed E-state index contributed by atoms with van der Waals surface area (Å²) in [5.74, 6) is -1.43. The van der Waals surface area contributed by atoms with Crippen LogP contribution < -0.4 is 0 Å². The number of carboxylic acid groups (broad SMARTS) is 1. The molecule has 1 fully saturated rings. The van der Waals surface area contributed by atoms with Crippen molar-refractivity contribution in [2.75, 3.05) is 20.1 Å². The number of rotatable bonds is 5. The van der Waals surface area contributed by atoms with E-state index in [9.17, 15) is 14.4 Å². The van der Waals surface area contributed by atoms with Crippen molar-refractivity contribution in [1.82, 2.24) is 9.80 Å². The number of piperidine rings is 1. The van der Waals surface area contributed by atoms with Crippen LogP contribution in [0.1, 0.15) is 42.6 Å². The molecule has 0 aromatic heterocycles. The summed E-state index contributed by atoms with van der Waals surface area (Å²) in [6, 6.07) is 7.18. The van der Waals surface area contributed by atoms with E-state index in [4.69, 9.17) is 5.11 Å². The maximum absolute atomic E-state index is 12.6. The van der Waals surface area contributed by atoms with Crippen LogP contribution in [0.4, 0.5) is 0 Å². The highest BCUT2D eigenvalue weighted by Gasteiger charge is 2.28. The Hall–Kier alpha value is -2.37. The van der Waals surface area contributed by atoms with Crippen molar-refractivity contribution in [3.05, 3.63) is 35.4 Å². The van der Waals surface area contributed by atoms with Gasteiger partial charge in [-0.15, -0.1) is 0 Å². The minimum absolute atomic E-state index is 0.0490. The van der Waals surface area contributed by atoms with Crippen molar-refractivity contribution < 1.29 is 19.5 Å². The summed E-state index contributed by atoms with van der Waals surface area (Å²) in [7, 11) is 1.77.